The van der Waals surface area contributed by atoms with E-state index in [-0.39, 0.29) is 0 Å². The minimum atomic E-state index is -0.793. The van der Waals surface area contributed by atoms with Gasteiger partial charge >= 0.3 is 5.97 Å². The first-order chi connectivity index (χ1) is 7.15. The van der Waals surface area contributed by atoms with E-state index < -0.39 is 12.0 Å². The zero-order valence-electron chi connectivity index (χ0n) is 9.10. The van der Waals surface area contributed by atoms with Crippen LogP contribution in [0.1, 0.15) is 25.5 Å². The third-order valence-electron chi connectivity index (χ3n) is 2.32. The number of carboxylic acid groups (broad SMARTS) is 1. The zero-order chi connectivity index (χ0) is 11.3. The van der Waals surface area contributed by atoms with E-state index in [2.05, 4.69) is 10.3 Å². The molecule has 5 nitrogen and oxygen atoms in total. The molecule has 0 bridgehead atoms. The van der Waals surface area contributed by atoms with E-state index in [4.69, 9.17) is 5.11 Å². The fourth-order valence-corrected chi connectivity index (χ4v) is 1.38. The third-order valence-corrected chi connectivity index (χ3v) is 2.32. The van der Waals surface area contributed by atoms with Gasteiger partial charge in [0.1, 0.15) is 6.04 Å². The first kappa shape index (κ1) is 11.7. The molecule has 0 aromatic carbocycles. The maximum Gasteiger partial charge on any atom is 0.320 e. The molecule has 1 aromatic heterocycles. The molecule has 0 spiro atoms. The Morgan fingerprint density at radius 3 is 2.93 bits per heavy atom. The van der Waals surface area contributed by atoms with Crippen LogP contribution in [0.5, 0.6) is 0 Å². The molecule has 1 unspecified atom stereocenters. The molecule has 0 saturated heterocycles. The van der Waals surface area contributed by atoms with Crippen LogP contribution in [0.3, 0.4) is 0 Å². The fraction of sp³-hybridized carbons (Fsp3) is 0.600. The van der Waals surface area contributed by atoms with Crippen LogP contribution in [0.2, 0.25) is 0 Å². The van der Waals surface area contributed by atoms with E-state index in [1.807, 2.05) is 18.5 Å². The van der Waals surface area contributed by atoms with Crippen molar-refractivity contribution < 1.29 is 9.90 Å². The molecule has 2 N–H and O–H groups in total. The predicted molar refractivity (Wildman–Crippen MR) is 56.4 cm³/mol. The van der Waals surface area contributed by atoms with E-state index in [9.17, 15) is 4.79 Å². The van der Waals surface area contributed by atoms with Crippen LogP contribution in [0.15, 0.2) is 12.5 Å². The zero-order valence-corrected chi connectivity index (χ0v) is 9.10. The summed E-state index contributed by atoms with van der Waals surface area (Å²) in [6.07, 6.45) is 4.94. The summed E-state index contributed by atoms with van der Waals surface area (Å²) in [5.74, 6) is -0.793. The van der Waals surface area contributed by atoms with Gasteiger partial charge in [0.25, 0.3) is 0 Å². The minimum absolute atomic E-state index is 0.468. The van der Waals surface area contributed by atoms with Gasteiger partial charge in [0.15, 0.2) is 0 Å². The average molecular weight is 211 g/mol. The number of carboxylic acids is 1. The standard InChI is InChI=1S/C10H17N3O2/c1-3-4-9(10(14)15)12-6-8-5-11-7-13(8)2/h5,7,9,12H,3-4,6H2,1-2H3,(H,14,15). The first-order valence-corrected chi connectivity index (χ1v) is 5.06. The molecule has 0 aliphatic carbocycles. The maximum absolute atomic E-state index is 10.8. The van der Waals surface area contributed by atoms with Gasteiger partial charge in [0.2, 0.25) is 0 Å². The number of nitrogens with one attached hydrogen (secondary N) is 1. The Kier molecular flexibility index (Phi) is 4.30. The SMILES string of the molecule is CCCC(NCc1cncn1C)C(=O)O. The molecule has 84 valence electrons. The molecule has 0 amide bonds. The number of imidazole rings is 1. The van der Waals surface area contributed by atoms with Gasteiger partial charge in [-0.05, 0) is 6.42 Å². The number of rotatable bonds is 6. The van der Waals surface area contributed by atoms with Crippen LogP contribution in [0, 0.1) is 0 Å². The number of aromatic nitrogens is 2. The molecule has 0 aliphatic heterocycles. The predicted octanol–water partition coefficient (Wildman–Crippen LogP) is 0.763. The Hall–Kier alpha value is -1.36. The summed E-state index contributed by atoms with van der Waals surface area (Å²) in [5.41, 5.74) is 0.984. The van der Waals surface area contributed by atoms with Crippen molar-refractivity contribution in [3.05, 3.63) is 18.2 Å². The van der Waals surface area contributed by atoms with Gasteiger partial charge in [-0.25, -0.2) is 4.98 Å². The van der Waals surface area contributed by atoms with Gasteiger partial charge in [0.05, 0.1) is 12.0 Å². The molecular weight excluding hydrogens is 194 g/mol. The van der Waals surface area contributed by atoms with Crippen LogP contribution in [-0.2, 0) is 18.4 Å². The van der Waals surface area contributed by atoms with Crippen LogP contribution in [-0.4, -0.2) is 26.7 Å². The second-order valence-corrected chi connectivity index (χ2v) is 3.56. The van der Waals surface area contributed by atoms with Crippen molar-refractivity contribution in [1.29, 1.82) is 0 Å². The van der Waals surface area contributed by atoms with Crippen molar-refractivity contribution in [2.24, 2.45) is 7.05 Å². The number of hydrogen-bond donors (Lipinski definition) is 2. The molecule has 15 heavy (non-hydrogen) atoms. The van der Waals surface area contributed by atoms with Gasteiger partial charge in [0, 0.05) is 19.8 Å². The van der Waals surface area contributed by atoms with Crippen molar-refractivity contribution in [2.75, 3.05) is 0 Å². The lowest BCUT2D eigenvalue weighted by atomic mass is 10.1. The van der Waals surface area contributed by atoms with Gasteiger partial charge in [-0.1, -0.05) is 13.3 Å². The molecule has 0 radical (unpaired) electrons. The highest BCUT2D eigenvalue weighted by Gasteiger charge is 2.15. The molecule has 0 aliphatic rings. The van der Waals surface area contributed by atoms with Crippen molar-refractivity contribution in [2.45, 2.75) is 32.4 Å². The quantitative estimate of drug-likeness (QED) is 0.729. The highest BCUT2D eigenvalue weighted by Crippen LogP contribution is 2.00. The summed E-state index contributed by atoms with van der Waals surface area (Å²) in [5, 5.41) is 11.9. The lowest BCUT2D eigenvalue weighted by molar-refractivity contribution is -0.139. The third kappa shape index (κ3) is 3.36. The van der Waals surface area contributed by atoms with Crippen molar-refractivity contribution in [3.8, 4) is 0 Å². The van der Waals surface area contributed by atoms with E-state index >= 15 is 0 Å². The smallest absolute Gasteiger partial charge is 0.320 e. The minimum Gasteiger partial charge on any atom is -0.480 e. The summed E-state index contributed by atoms with van der Waals surface area (Å²) in [7, 11) is 1.89. The van der Waals surface area contributed by atoms with Crippen molar-refractivity contribution >= 4 is 5.97 Å². The van der Waals surface area contributed by atoms with Crippen molar-refractivity contribution in [3.63, 3.8) is 0 Å². The average Bonchev–Trinajstić information content (AvgIpc) is 2.58. The van der Waals surface area contributed by atoms with Crippen molar-refractivity contribution in [1.82, 2.24) is 14.9 Å². The second-order valence-electron chi connectivity index (χ2n) is 3.56. The molecule has 0 fully saturated rings. The van der Waals surface area contributed by atoms with E-state index in [1.165, 1.54) is 0 Å². The first-order valence-electron chi connectivity index (χ1n) is 5.06. The molecule has 5 heteroatoms. The Morgan fingerprint density at radius 1 is 1.73 bits per heavy atom. The monoisotopic (exact) mass is 211 g/mol. The van der Waals surface area contributed by atoms with E-state index in [0.717, 1.165) is 12.1 Å². The number of carbonyl (C=O) groups is 1. The summed E-state index contributed by atoms with van der Waals surface area (Å²) >= 11 is 0. The lowest BCUT2D eigenvalue weighted by Crippen LogP contribution is -2.36. The molecule has 0 saturated carbocycles. The number of hydrogen-bond acceptors (Lipinski definition) is 3. The molecule has 1 rings (SSSR count). The number of aliphatic carboxylic acids is 1. The molecular formula is C10H17N3O2. The van der Waals surface area contributed by atoms with Gasteiger partial charge in [-0.3, -0.25) is 10.1 Å². The van der Waals surface area contributed by atoms with Gasteiger partial charge in [-0.15, -0.1) is 0 Å². The maximum atomic E-state index is 10.8. The van der Waals surface area contributed by atoms with Gasteiger partial charge < -0.3 is 9.67 Å². The summed E-state index contributed by atoms with van der Waals surface area (Å²) in [4.78, 5) is 14.8. The van der Waals surface area contributed by atoms with Crippen LogP contribution in [0.25, 0.3) is 0 Å². The Labute approximate surface area is 89.1 Å². The van der Waals surface area contributed by atoms with Crippen LogP contribution >= 0.6 is 0 Å². The van der Waals surface area contributed by atoms with Crippen LogP contribution < -0.4 is 5.32 Å². The second kappa shape index (κ2) is 5.50. The largest absolute Gasteiger partial charge is 0.480 e. The van der Waals surface area contributed by atoms with E-state index in [0.29, 0.717) is 13.0 Å². The highest BCUT2D eigenvalue weighted by molar-refractivity contribution is 5.73. The summed E-state index contributed by atoms with van der Waals surface area (Å²) < 4.78 is 1.87. The van der Waals surface area contributed by atoms with E-state index in [1.54, 1.807) is 12.5 Å². The molecule has 1 aromatic rings. The topological polar surface area (TPSA) is 67.2 Å². The normalized spacial score (nSPS) is 12.7. The summed E-state index contributed by atoms with van der Waals surface area (Å²) in [6, 6.07) is -0.468. The lowest BCUT2D eigenvalue weighted by Gasteiger charge is -2.13. The Balaban J connectivity index is 2.47. The summed E-state index contributed by atoms with van der Waals surface area (Å²) in [6.45, 7) is 2.51. The Morgan fingerprint density at radius 2 is 2.47 bits per heavy atom. The van der Waals surface area contributed by atoms with Crippen LogP contribution in [0.4, 0.5) is 0 Å². The Bertz CT molecular complexity index is 322. The number of nitrogens with zero attached hydrogens (tertiary/aromatic N) is 2. The number of aryl methyl sites for hydroxylation is 1. The fourth-order valence-electron chi connectivity index (χ4n) is 1.38. The molecule has 1 heterocycles. The highest BCUT2D eigenvalue weighted by atomic mass is 16.4. The van der Waals surface area contributed by atoms with Gasteiger partial charge in [-0.2, -0.15) is 0 Å². The molecule has 1 atom stereocenters.